The summed E-state index contributed by atoms with van der Waals surface area (Å²) in [5, 5.41) is 5.19. The summed E-state index contributed by atoms with van der Waals surface area (Å²) in [7, 11) is -8.07. The van der Waals surface area contributed by atoms with E-state index in [0.29, 0.717) is 28.9 Å². The summed E-state index contributed by atoms with van der Waals surface area (Å²) in [4.78, 5) is 25.0. The lowest BCUT2D eigenvalue weighted by atomic mass is 10.00. The molecule has 0 atom stereocenters. The van der Waals surface area contributed by atoms with Crippen LogP contribution in [0.5, 0.6) is 0 Å². The number of urea groups is 2. The van der Waals surface area contributed by atoms with E-state index in [4.69, 9.17) is 0 Å². The summed E-state index contributed by atoms with van der Waals surface area (Å²) in [5.41, 5.74) is 5.34. The summed E-state index contributed by atoms with van der Waals surface area (Å²) in [6.45, 7) is 6.91. The van der Waals surface area contributed by atoms with E-state index in [9.17, 15) is 26.4 Å². The van der Waals surface area contributed by atoms with Gasteiger partial charge in [0.1, 0.15) is 0 Å². The normalized spacial score (nSPS) is 11.4. The monoisotopic (exact) mass is 620 g/mol. The summed E-state index contributed by atoms with van der Waals surface area (Å²) >= 11 is 0. The van der Waals surface area contributed by atoms with Gasteiger partial charge >= 0.3 is 12.1 Å². The third-order valence-corrected chi connectivity index (χ3v) is 9.69. The van der Waals surface area contributed by atoms with Crippen LogP contribution in [0.15, 0.2) is 94.7 Å². The smallest absolute Gasteiger partial charge is 0.307 e. The van der Waals surface area contributed by atoms with Gasteiger partial charge in [0.2, 0.25) is 0 Å². The molecule has 224 valence electrons. The van der Waals surface area contributed by atoms with Crippen molar-refractivity contribution in [3.8, 4) is 0 Å². The Morgan fingerprint density at radius 2 is 0.907 bits per heavy atom. The van der Waals surface area contributed by atoms with Gasteiger partial charge in [0.25, 0.3) is 20.0 Å². The molecular formula is C31H32N4O6S2. The maximum Gasteiger partial charge on any atom is 0.333 e. The van der Waals surface area contributed by atoms with Gasteiger partial charge in [-0.25, -0.2) is 35.9 Å². The molecule has 4 rings (SSSR count). The predicted octanol–water partition coefficient (Wildman–Crippen LogP) is 5.53. The molecule has 0 spiro atoms. The second kappa shape index (κ2) is 12.7. The highest BCUT2D eigenvalue weighted by atomic mass is 32.2. The van der Waals surface area contributed by atoms with Crippen molar-refractivity contribution in [3.63, 3.8) is 0 Å². The minimum absolute atomic E-state index is 0.0293. The van der Waals surface area contributed by atoms with Crippen LogP contribution in [0, 0.1) is 27.7 Å². The first-order valence-corrected chi connectivity index (χ1v) is 16.2. The second-order valence-corrected chi connectivity index (χ2v) is 13.4. The van der Waals surface area contributed by atoms with Crippen LogP contribution < -0.4 is 20.1 Å². The lowest BCUT2D eigenvalue weighted by Gasteiger charge is -2.14. The standard InChI is InChI=1S/C31H32N4O6S2/c1-20-9-5-7-11-28(20)42(38,39)34-30(36)32-26-15-13-24(17-22(26)3)19-25-14-16-27(23(4)18-25)33-31(37)35-43(40,41)29-12-8-6-10-21(29)2/h5-18H,19H2,1-4H3,(H2,32,34,36)(H2,33,35,37). The summed E-state index contributed by atoms with van der Waals surface area (Å²) in [6.07, 6.45) is 0.546. The van der Waals surface area contributed by atoms with Crippen LogP contribution in [0.2, 0.25) is 0 Å². The second-order valence-electron chi connectivity index (χ2n) is 10.1. The van der Waals surface area contributed by atoms with Gasteiger partial charge < -0.3 is 10.6 Å². The lowest BCUT2D eigenvalue weighted by molar-refractivity contribution is 0.255. The number of benzene rings is 4. The van der Waals surface area contributed by atoms with Crippen molar-refractivity contribution in [2.75, 3.05) is 10.6 Å². The molecule has 0 saturated heterocycles. The van der Waals surface area contributed by atoms with Gasteiger partial charge in [0, 0.05) is 11.4 Å². The Bertz CT molecular complexity index is 1780. The Hall–Kier alpha value is -4.68. The van der Waals surface area contributed by atoms with E-state index in [0.717, 1.165) is 22.3 Å². The SMILES string of the molecule is Cc1cc(Cc2ccc(NC(=O)NS(=O)(=O)c3ccccc3C)c(C)c2)ccc1NC(=O)NS(=O)(=O)c1ccccc1C. The molecule has 0 aliphatic carbocycles. The van der Waals surface area contributed by atoms with E-state index < -0.39 is 32.1 Å². The number of rotatable bonds is 8. The highest BCUT2D eigenvalue weighted by molar-refractivity contribution is 7.90. The molecule has 0 radical (unpaired) electrons. The summed E-state index contributed by atoms with van der Waals surface area (Å²) in [6, 6.07) is 21.9. The van der Waals surface area contributed by atoms with Gasteiger partial charge in [-0.1, -0.05) is 60.7 Å². The molecule has 12 heteroatoms. The number of carbonyl (C=O) groups is 2. The molecule has 4 aromatic rings. The molecule has 0 aliphatic heterocycles. The van der Waals surface area contributed by atoms with Crippen LogP contribution in [0.3, 0.4) is 0 Å². The number of hydrogen-bond acceptors (Lipinski definition) is 6. The average Bonchev–Trinajstić information content (AvgIpc) is 2.91. The van der Waals surface area contributed by atoms with Gasteiger partial charge in [0.15, 0.2) is 0 Å². The number of amides is 4. The minimum atomic E-state index is -4.03. The maximum absolute atomic E-state index is 12.6. The number of anilines is 2. The molecule has 4 aromatic carbocycles. The highest BCUT2D eigenvalue weighted by Crippen LogP contribution is 2.23. The first kappa shape index (κ1) is 31.3. The molecule has 0 aromatic heterocycles. The molecule has 0 fully saturated rings. The van der Waals surface area contributed by atoms with E-state index in [2.05, 4.69) is 10.6 Å². The Morgan fingerprint density at radius 3 is 1.26 bits per heavy atom. The Kier molecular flexibility index (Phi) is 9.22. The molecule has 43 heavy (non-hydrogen) atoms. The fraction of sp³-hybridized carbons (Fsp3) is 0.161. The lowest BCUT2D eigenvalue weighted by Crippen LogP contribution is -2.34. The summed E-state index contributed by atoms with van der Waals surface area (Å²) in [5.74, 6) is 0. The van der Waals surface area contributed by atoms with Gasteiger partial charge in [-0.2, -0.15) is 0 Å². The van der Waals surface area contributed by atoms with Crippen LogP contribution in [0.25, 0.3) is 0 Å². The first-order valence-electron chi connectivity index (χ1n) is 13.2. The Morgan fingerprint density at radius 1 is 0.535 bits per heavy atom. The first-order chi connectivity index (χ1) is 20.2. The van der Waals surface area contributed by atoms with Crippen LogP contribution in [0.1, 0.15) is 33.4 Å². The predicted molar refractivity (Wildman–Crippen MR) is 166 cm³/mol. The van der Waals surface area contributed by atoms with E-state index in [1.165, 1.54) is 12.1 Å². The molecule has 0 heterocycles. The number of carbonyl (C=O) groups excluding carboxylic acids is 2. The molecule has 0 saturated carbocycles. The average molecular weight is 621 g/mol. The number of sulfonamides is 2. The van der Waals surface area contributed by atoms with Crippen LogP contribution >= 0.6 is 0 Å². The van der Waals surface area contributed by atoms with Crippen molar-refractivity contribution in [1.82, 2.24) is 9.44 Å². The molecule has 4 amide bonds. The fourth-order valence-corrected chi connectivity index (χ4v) is 6.86. The van der Waals surface area contributed by atoms with Crippen molar-refractivity contribution in [3.05, 3.63) is 118 Å². The van der Waals surface area contributed by atoms with E-state index in [1.807, 2.05) is 33.7 Å². The minimum Gasteiger partial charge on any atom is -0.307 e. The van der Waals surface area contributed by atoms with Crippen molar-refractivity contribution < 1.29 is 26.4 Å². The van der Waals surface area contributed by atoms with Crippen molar-refractivity contribution >= 4 is 43.5 Å². The van der Waals surface area contributed by atoms with Gasteiger partial charge in [-0.15, -0.1) is 0 Å². The molecule has 0 bridgehead atoms. The Labute approximate surface area is 251 Å². The van der Waals surface area contributed by atoms with Crippen LogP contribution in [0.4, 0.5) is 21.0 Å². The highest BCUT2D eigenvalue weighted by Gasteiger charge is 2.21. The number of nitrogens with one attached hydrogen (secondary N) is 4. The number of aryl methyl sites for hydroxylation is 4. The van der Waals surface area contributed by atoms with Crippen molar-refractivity contribution in [2.24, 2.45) is 0 Å². The van der Waals surface area contributed by atoms with E-state index in [-0.39, 0.29) is 9.79 Å². The zero-order valence-corrected chi connectivity index (χ0v) is 25.7. The molecule has 0 aliphatic rings. The molecule has 0 unspecified atom stereocenters. The zero-order chi connectivity index (χ0) is 31.4. The van der Waals surface area contributed by atoms with E-state index >= 15 is 0 Å². The molecular weight excluding hydrogens is 588 g/mol. The van der Waals surface area contributed by atoms with Gasteiger partial charge in [-0.3, -0.25) is 0 Å². The molecule has 4 N–H and O–H groups in total. The quantitative estimate of drug-likeness (QED) is 0.203. The zero-order valence-electron chi connectivity index (χ0n) is 24.1. The molecule has 10 nitrogen and oxygen atoms in total. The van der Waals surface area contributed by atoms with Crippen LogP contribution in [-0.4, -0.2) is 28.9 Å². The number of hydrogen-bond donors (Lipinski definition) is 4. The Balaban J connectivity index is 1.38. The topological polar surface area (TPSA) is 151 Å². The third-order valence-electron chi connectivity index (χ3n) is 6.71. The van der Waals surface area contributed by atoms with Crippen molar-refractivity contribution in [2.45, 2.75) is 43.9 Å². The van der Waals surface area contributed by atoms with Crippen LogP contribution in [-0.2, 0) is 26.5 Å². The van der Waals surface area contributed by atoms with Gasteiger partial charge in [0.05, 0.1) is 9.79 Å². The van der Waals surface area contributed by atoms with Crippen molar-refractivity contribution in [1.29, 1.82) is 0 Å². The van der Waals surface area contributed by atoms with Gasteiger partial charge in [-0.05, 0) is 91.8 Å². The van der Waals surface area contributed by atoms with E-state index in [1.54, 1.807) is 76.2 Å². The maximum atomic E-state index is 12.6. The fourth-order valence-electron chi connectivity index (χ4n) is 4.55. The third kappa shape index (κ3) is 7.79. The summed E-state index contributed by atoms with van der Waals surface area (Å²) < 4.78 is 54.5. The largest absolute Gasteiger partial charge is 0.333 e.